The van der Waals surface area contributed by atoms with Crippen molar-refractivity contribution in [2.75, 3.05) is 0 Å². The standard InChI is InChI=1S/C31H45N3O4/c1-20(4-13-29(36)33-32-19-21-5-8-23(9-6-21)34(37)38)26-11-12-27-25-10-7-22-18-24(35)14-16-30(22,2)28(25)15-17-31(26,27)3/h5-6,8-9,19-20,22,24-28,35H,4,7,10-18H2,1-3H3,(H,33,36)/b32-19+/t20-,22+,24-,25+,26-,27+,28+,30+,31-/m1/s1. The number of hydrogen-bond donors (Lipinski definition) is 2. The molecule has 4 aliphatic rings. The van der Waals surface area contributed by atoms with Crippen molar-refractivity contribution in [1.82, 2.24) is 5.43 Å². The highest BCUT2D eigenvalue weighted by atomic mass is 16.6. The van der Waals surface area contributed by atoms with Crippen LogP contribution in [-0.4, -0.2) is 28.3 Å². The molecular weight excluding hydrogens is 478 g/mol. The van der Waals surface area contributed by atoms with Crippen LogP contribution < -0.4 is 5.43 Å². The predicted octanol–water partition coefficient (Wildman–Crippen LogP) is 6.48. The van der Waals surface area contributed by atoms with Crippen molar-refractivity contribution in [3.63, 3.8) is 0 Å². The van der Waals surface area contributed by atoms with Gasteiger partial charge in [-0.2, -0.15) is 5.10 Å². The monoisotopic (exact) mass is 523 g/mol. The van der Waals surface area contributed by atoms with Crippen LogP contribution in [0.3, 0.4) is 0 Å². The fourth-order valence-corrected chi connectivity index (χ4v) is 9.69. The van der Waals surface area contributed by atoms with E-state index in [-0.39, 0.29) is 17.7 Å². The molecule has 1 amide bonds. The molecule has 1 aromatic carbocycles. The summed E-state index contributed by atoms with van der Waals surface area (Å²) in [5.41, 5.74) is 4.16. The molecule has 0 heterocycles. The average Bonchev–Trinajstić information content (AvgIpc) is 3.25. The fraction of sp³-hybridized carbons (Fsp3) is 0.742. The summed E-state index contributed by atoms with van der Waals surface area (Å²) >= 11 is 0. The van der Waals surface area contributed by atoms with Crippen molar-refractivity contribution in [3.05, 3.63) is 39.9 Å². The van der Waals surface area contributed by atoms with Gasteiger partial charge in [0.2, 0.25) is 5.91 Å². The average molecular weight is 524 g/mol. The van der Waals surface area contributed by atoms with Crippen LogP contribution in [0.1, 0.15) is 97.0 Å². The molecule has 38 heavy (non-hydrogen) atoms. The molecule has 0 bridgehead atoms. The van der Waals surface area contributed by atoms with E-state index >= 15 is 0 Å². The highest BCUT2D eigenvalue weighted by Crippen LogP contribution is 2.68. The van der Waals surface area contributed by atoms with Crippen LogP contribution in [0.15, 0.2) is 29.4 Å². The summed E-state index contributed by atoms with van der Waals surface area (Å²) in [6.45, 7) is 7.47. The zero-order valence-electron chi connectivity index (χ0n) is 23.3. The zero-order chi connectivity index (χ0) is 27.1. The van der Waals surface area contributed by atoms with Gasteiger partial charge in [-0.25, -0.2) is 5.43 Å². The largest absolute Gasteiger partial charge is 0.393 e. The summed E-state index contributed by atoms with van der Waals surface area (Å²) in [5.74, 6) is 4.25. The fourth-order valence-electron chi connectivity index (χ4n) is 9.69. The van der Waals surface area contributed by atoms with E-state index in [4.69, 9.17) is 0 Å². The summed E-state index contributed by atoms with van der Waals surface area (Å²) < 4.78 is 0. The number of nitro groups is 1. The molecule has 0 aliphatic heterocycles. The summed E-state index contributed by atoms with van der Waals surface area (Å²) in [6.07, 6.45) is 13.9. The molecule has 4 fully saturated rings. The second-order valence-corrected chi connectivity index (χ2v) is 13.5. The van der Waals surface area contributed by atoms with Crippen LogP contribution in [0.4, 0.5) is 5.69 Å². The Balaban J connectivity index is 1.14. The molecule has 0 radical (unpaired) electrons. The van der Waals surface area contributed by atoms with E-state index in [1.54, 1.807) is 12.1 Å². The number of nitrogens with zero attached hydrogens (tertiary/aromatic N) is 2. The van der Waals surface area contributed by atoms with Gasteiger partial charge in [-0.3, -0.25) is 14.9 Å². The van der Waals surface area contributed by atoms with Gasteiger partial charge in [-0.05, 0) is 128 Å². The Morgan fingerprint density at radius 1 is 1.11 bits per heavy atom. The van der Waals surface area contributed by atoms with Crippen LogP contribution >= 0.6 is 0 Å². The number of nitro benzene ring substituents is 1. The first-order valence-electron chi connectivity index (χ1n) is 14.9. The molecule has 5 rings (SSSR count). The number of hydrazone groups is 1. The van der Waals surface area contributed by atoms with Crippen molar-refractivity contribution >= 4 is 17.8 Å². The quantitative estimate of drug-likeness (QED) is 0.242. The van der Waals surface area contributed by atoms with Gasteiger partial charge in [0.05, 0.1) is 17.2 Å². The Hall–Kier alpha value is -2.28. The van der Waals surface area contributed by atoms with E-state index in [0.717, 1.165) is 37.0 Å². The number of nitrogens with one attached hydrogen (secondary N) is 1. The van der Waals surface area contributed by atoms with Crippen LogP contribution in [0.2, 0.25) is 0 Å². The maximum absolute atomic E-state index is 12.5. The third-order valence-electron chi connectivity index (χ3n) is 11.7. The molecule has 0 unspecified atom stereocenters. The number of hydrogen-bond acceptors (Lipinski definition) is 5. The molecular formula is C31H45N3O4. The number of rotatable bonds is 7. The Kier molecular flexibility index (Phi) is 7.69. The Morgan fingerprint density at radius 3 is 2.55 bits per heavy atom. The van der Waals surface area contributed by atoms with Gasteiger partial charge in [0.25, 0.3) is 5.69 Å². The lowest BCUT2D eigenvalue weighted by Gasteiger charge is -2.61. The van der Waals surface area contributed by atoms with E-state index in [0.29, 0.717) is 40.6 Å². The van der Waals surface area contributed by atoms with Crippen LogP contribution in [0, 0.1) is 56.5 Å². The van der Waals surface area contributed by atoms with Crippen molar-refractivity contribution in [1.29, 1.82) is 0 Å². The van der Waals surface area contributed by atoms with E-state index in [1.165, 1.54) is 63.3 Å². The van der Waals surface area contributed by atoms with Crippen molar-refractivity contribution < 1.29 is 14.8 Å². The molecule has 4 aliphatic carbocycles. The van der Waals surface area contributed by atoms with Gasteiger partial charge in [0, 0.05) is 18.6 Å². The minimum absolute atomic E-state index is 0.0345. The van der Waals surface area contributed by atoms with E-state index in [2.05, 4.69) is 31.3 Å². The molecule has 7 nitrogen and oxygen atoms in total. The Bertz CT molecular complexity index is 1060. The predicted molar refractivity (Wildman–Crippen MR) is 148 cm³/mol. The number of aliphatic hydroxyl groups is 1. The first kappa shape index (κ1) is 27.3. The summed E-state index contributed by atoms with van der Waals surface area (Å²) in [4.78, 5) is 22.9. The van der Waals surface area contributed by atoms with Gasteiger partial charge in [0.15, 0.2) is 0 Å². The molecule has 9 atom stereocenters. The highest BCUT2D eigenvalue weighted by Gasteiger charge is 2.60. The molecule has 4 saturated carbocycles. The highest BCUT2D eigenvalue weighted by molar-refractivity contribution is 5.82. The minimum atomic E-state index is -0.435. The molecule has 0 saturated heterocycles. The molecule has 7 heteroatoms. The number of fused-ring (bicyclic) bond motifs is 5. The molecule has 208 valence electrons. The number of carbonyl (C=O) groups excluding carboxylic acids is 1. The maximum Gasteiger partial charge on any atom is 0.269 e. The van der Waals surface area contributed by atoms with Crippen LogP contribution in [0.5, 0.6) is 0 Å². The first-order chi connectivity index (χ1) is 18.1. The number of amides is 1. The molecule has 2 N–H and O–H groups in total. The summed E-state index contributed by atoms with van der Waals surface area (Å²) in [5, 5.41) is 25.1. The van der Waals surface area contributed by atoms with Gasteiger partial charge in [-0.15, -0.1) is 0 Å². The second-order valence-electron chi connectivity index (χ2n) is 13.5. The van der Waals surface area contributed by atoms with Gasteiger partial charge in [-0.1, -0.05) is 20.8 Å². The lowest BCUT2D eigenvalue weighted by Crippen LogP contribution is -2.54. The van der Waals surface area contributed by atoms with Crippen molar-refractivity contribution in [2.45, 2.75) is 97.5 Å². The Morgan fingerprint density at radius 2 is 1.82 bits per heavy atom. The van der Waals surface area contributed by atoms with Crippen molar-refractivity contribution in [2.24, 2.45) is 51.4 Å². The number of aliphatic hydroxyl groups excluding tert-OH is 1. The van der Waals surface area contributed by atoms with Crippen LogP contribution in [0.25, 0.3) is 0 Å². The smallest absolute Gasteiger partial charge is 0.269 e. The molecule has 0 aromatic heterocycles. The van der Waals surface area contributed by atoms with E-state index in [1.807, 2.05) is 0 Å². The summed E-state index contributed by atoms with van der Waals surface area (Å²) in [7, 11) is 0. The molecule has 1 aromatic rings. The SMILES string of the molecule is C[C@H](CCC(=O)N/N=C/c1ccc([N+](=O)[O-])cc1)[C@H]1CC[C@H]2[C@@H]3CC[C@H]4C[C@H](O)CC[C@]4(C)[C@H]3CC[C@]12C. The minimum Gasteiger partial charge on any atom is -0.393 e. The maximum atomic E-state index is 12.5. The zero-order valence-corrected chi connectivity index (χ0v) is 23.3. The third kappa shape index (κ3) is 5.03. The topological polar surface area (TPSA) is 105 Å². The lowest BCUT2D eigenvalue weighted by molar-refractivity contribution is -0.384. The van der Waals surface area contributed by atoms with Gasteiger partial charge in [0.1, 0.15) is 0 Å². The second kappa shape index (κ2) is 10.7. The summed E-state index contributed by atoms with van der Waals surface area (Å²) in [6, 6.07) is 6.09. The normalized spacial score (nSPS) is 39.2. The third-order valence-corrected chi connectivity index (χ3v) is 11.7. The number of carbonyl (C=O) groups is 1. The van der Waals surface area contributed by atoms with Gasteiger partial charge >= 0.3 is 0 Å². The van der Waals surface area contributed by atoms with Crippen molar-refractivity contribution in [3.8, 4) is 0 Å². The van der Waals surface area contributed by atoms with Gasteiger partial charge < -0.3 is 5.11 Å². The number of benzene rings is 1. The number of non-ortho nitro benzene ring substituents is 1. The van der Waals surface area contributed by atoms with Crippen LogP contribution in [-0.2, 0) is 4.79 Å². The Labute approximate surface area is 227 Å². The lowest BCUT2D eigenvalue weighted by atomic mass is 9.44. The van der Waals surface area contributed by atoms with E-state index in [9.17, 15) is 20.0 Å². The molecule has 0 spiro atoms. The van der Waals surface area contributed by atoms with E-state index < -0.39 is 4.92 Å². The first-order valence-corrected chi connectivity index (χ1v) is 14.9.